The van der Waals surface area contributed by atoms with E-state index in [4.69, 9.17) is 28.2 Å². The van der Waals surface area contributed by atoms with Crippen LogP contribution in [0.4, 0.5) is 5.69 Å². The summed E-state index contributed by atoms with van der Waals surface area (Å²) in [5, 5.41) is 2.71. The van der Waals surface area contributed by atoms with E-state index in [9.17, 15) is 9.59 Å². The summed E-state index contributed by atoms with van der Waals surface area (Å²) in [6, 6.07) is 5.73. The van der Waals surface area contributed by atoms with Crippen LogP contribution >= 0.6 is 23.2 Å². The second-order valence-corrected chi connectivity index (χ2v) is 7.63. The van der Waals surface area contributed by atoms with Gasteiger partial charge in [-0.3, -0.25) is 9.59 Å². The molecular formula is C20H28Cl2N4O2. The molecule has 1 aromatic heterocycles. The fourth-order valence-corrected chi connectivity index (χ4v) is 3.46. The van der Waals surface area contributed by atoms with E-state index in [0.29, 0.717) is 31.0 Å². The van der Waals surface area contributed by atoms with Crippen molar-refractivity contribution in [1.29, 1.82) is 0 Å². The number of benzene rings is 1. The number of hydrogen-bond acceptors (Lipinski definition) is 4. The fraction of sp³-hybridized carbons (Fsp3) is 0.550. The number of imidazole rings is 1. The minimum absolute atomic E-state index is 0.0446. The maximum atomic E-state index is 11.9. The molecule has 0 radical (unpaired) electrons. The Balaban J connectivity index is 2.04. The van der Waals surface area contributed by atoms with Crippen molar-refractivity contribution < 1.29 is 9.59 Å². The van der Waals surface area contributed by atoms with Gasteiger partial charge in [0, 0.05) is 50.4 Å². The van der Waals surface area contributed by atoms with Gasteiger partial charge in [0.1, 0.15) is 5.82 Å². The molecule has 8 heteroatoms. The molecular weight excluding hydrogens is 399 g/mol. The predicted molar refractivity (Wildman–Crippen MR) is 116 cm³/mol. The summed E-state index contributed by atoms with van der Waals surface area (Å²) in [6.07, 6.45) is 1.73. The highest BCUT2D eigenvalue weighted by molar-refractivity contribution is 6.18. The summed E-state index contributed by atoms with van der Waals surface area (Å²) < 4.78 is 2.06. The quantitative estimate of drug-likeness (QED) is 0.559. The molecule has 2 rings (SSSR count). The zero-order chi connectivity index (χ0) is 20.7. The standard InChI is InChI=1S/C20H28Cl2N4O2/c1-14(15(2)27)23-20(28)6-4-5-19-24-17-13-16(7-8-18(17)25(19)3)26(11-9-21)12-10-22/h7-8,13-14H,4-6,9-12H2,1-3H3,(H,23,28). The van der Waals surface area contributed by atoms with Crippen LogP contribution < -0.4 is 10.2 Å². The molecule has 1 aromatic carbocycles. The highest BCUT2D eigenvalue weighted by Gasteiger charge is 2.14. The first kappa shape index (κ1) is 22.5. The summed E-state index contributed by atoms with van der Waals surface area (Å²) >= 11 is 11.8. The van der Waals surface area contributed by atoms with Crippen molar-refractivity contribution in [2.24, 2.45) is 7.05 Å². The van der Waals surface area contributed by atoms with Crippen molar-refractivity contribution >= 4 is 51.6 Å². The van der Waals surface area contributed by atoms with Crippen LogP contribution in [0.25, 0.3) is 11.0 Å². The summed E-state index contributed by atoms with van der Waals surface area (Å²) in [4.78, 5) is 30.1. The van der Waals surface area contributed by atoms with Gasteiger partial charge in [0.15, 0.2) is 5.78 Å². The number of amides is 1. The Kier molecular flexibility index (Phi) is 8.58. The molecule has 0 saturated heterocycles. The Hall–Kier alpha value is -1.79. The van der Waals surface area contributed by atoms with E-state index in [2.05, 4.69) is 33.0 Å². The molecule has 0 aliphatic carbocycles. The molecule has 154 valence electrons. The Bertz CT molecular complexity index is 816. The van der Waals surface area contributed by atoms with Gasteiger partial charge in [-0.15, -0.1) is 23.2 Å². The lowest BCUT2D eigenvalue weighted by atomic mass is 10.2. The maximum Gasteiger partial charge on any atom is 0.220 e. The van der Waals surface area contributed by atoms with Gasteiger partial charge < -0.3 is 14.8 Å². The molecule has 1 heterocycles. The number of hydrogen-bond donors (Lipinski definition) is 1. The molecule has 0 saturated carbocycles. The van der Waals surface area contributed by atoms with Crippen LogP contribution in [-0.2, 0) is 23.1 Å². The number of fused-ring (bicyclic) bond motifs is 1. The Labute approximate surface area is 176 Å². The highest BCUT2D eigenvalue weighted by atomic mass is 35.5. The molecule has 2 aromatic rings. The number of Topliss-reactive ketones (excluding diaryl/α,β-unsaturated/α-hetero) is 1. The van der Waals surface area contributed by atoms with E-state index in [-0.39, 0.29) is 11.7 Å². The van der Waals surface area contributed by atoms with Crippen molar-refractivity contribution in [2.45, 2.75) is 39.2 Å². The molecule has 0 bridgehead atoms. The molecule has 0 spiro atoms. The van der Waals surface area contributed by atoms with E-state index in [1.807, 2.05) is 7.05 Å². The van der Waals surface area contributed by atoms with Gasteiger partial charge in [0.25, 0.3) is 0 Å². The maximum absolute atomic E-state index is 11.9. The average Bonchev–Trinajstić information content (AvgIpc) is 2.96. The smallest absolute Gasteiger partial charge is 0.220 e. The van der Waals surface area contributed by atoms with Crippen LogP contribution in [0.5, 0.6) is 0 Å². The topological polar surface area (TPSA) is 67.2 Å². The van der Waals surface area contributed by atoms with Crippen molar-refractivity contribution in [3.8, 4) is 0 Å². The zero-order valence-corrected chi connectivity index (χ0v) is 18.2. The molecule has 0 fully saturated rings. The summed E-state index contributed by atoms with van der Waals surface area (Å²) in [6.45, 7) is 4.63. The zero-order valence-electron chi connectivity index (χ0n) is 16.7. The Morgan fingerprint density at radius 2 is 1.93 bits per heavy atom. The summed E-state index contributed by atoms with van der Waals surface area (Å²) in [5.74, 6) is 1.85. The van der Waals surface area contributed by atoms with Crippen molar-refractivity contribution in [3.05, 3.63) is 24.0 Å². The third-order valence-corrected chi connectivity index (χ3v) is 5.16. The summed E-state index contributed by atoms with van der Waals surface area (Å²) in [7, 11) is 1.98. The molecule has 1 N–H and O–H groups in total. The molecule has 1 amide bonds. The monoisotopic (exact) mass is 426 g/mol. The van der Waals surface area contributed by atoms with Crippen molar-refractivity contribution in [2.75, 3.05) is 29.7 Å². The van der Waals surface area contributed by atoms with Crippen LogP contribution in [0.3, 0.4) is 0 Å². The summed E-state index contributed by atoms with van der Waals surface area (Å²) in [5.41, 5.74) is 3.01. The minimum atomic E-state index is -0.439. The minimum Gasteiger partial charge on any atom is -0.369 e. The number of nitrogens with zero attached hydrogens (tertiary/aromatic N) is 3. The van der Waals surface area contributed by atoms with Crippen LogP contribution in [0.15, 0.2) is 18.2 Å². The first-order chi connectivity index (χ1) is 13.4. The Morgan fingerprint density at radius 1 is 1.25 bits per heavy atom. The van der Waals surface area contributed by atoms with Crippen LogP contribution in [0.2, 0.25) is 0 Å². The second kappa shape index (κ2) is 10.7. The third kappa shape index (κ3) is 5.85. The van der Waals surface area contributed by atoms with Gasteiger partial charge >= 0.3 is 0 Å². The second-order valence-electron chi connectivity index (χ2n) is 6.88. The van der Waals surface area contributed by atoms with Gasteiger partial charge in [-0.1, -0.05) is 0 Å². The van der Waals surface area contributed by atoms with E-state index < -0.39 is 6.04 Å². The number of aryl methyl sites for hydroxylation is 2. The average molecular weight is 427 g/mol. The van der Waals surface area contributed by atoms with Crippen LogP contribution in [0, 0.1) is 0 Å². The first-order valence-electron chi connectivity index (χ1n) is 9.49. The Morgan fingerprint density at radius 3 is 2.54 bits per heavy atom. The lowest BCUT2D eigenvalue weighted by molar-refractivity contribution is -0.126. The van der Waals surface area contributed by atoms with E-state index in [0.717, 1.165) is 35.6 Å². The van der Waals surface area contributed by atoms with Crippen molar-refractivity contribution in [1.82, 2.24) is 14.9 Å². The first-order valence-corrected chi connectivity index (χ1v) is 10.6. The van der Waals surface area contributed by atoms with Gasteiger partial charge in [0.2, 0.25) is 5.91 Å². The number of halogens is 2. The third-order valence-electron chi connectivity index (χ3n) is 4.82. The highest BCUT2D eigenvalue weighted by Crippen LogP contribution is 2.23. The van der Waals surface area contributed by atoms with E-state index in [1.54, 1.807) is 6.92 Å². The molecule has 0 aliphatic heterocycles. The number of anilines is 1. The fourth-order valence-electron chi connectivity index (χ4n) is 3.05. The SMILES string of the molecule is CC(=O)C(C)NC(=O)CCCc1nc2cc(N(CCCl)CCCl)ccc2n1C. The van der Waals surface area contributed by atoms with E-state index in [1.165, 1.54) is 6.92 Å². The number of ketones is 1. The molecule has 1 atom stereocenters. The number of nitrogens with one attached hydrogen (secondary N) is 1. The van der Waals surface area contributed by atoms with Crippen molar-refractivity contribution in [3.63, 3.8) is 0 Å². The number of rotatable bonds is 11. The van der Waals surface area contributed by atoms with Crippen LogP contribution in [-0.4, -0.2) is 52.1 Å². The van der Waals surface area contributed by atoms with E-state index >= 15 is 0 Å². The van der Waals surface area contributed by atoms with Gasteiger partial charge in [-0.2, -0.15) is 0 Å². The lowest BCUT2D eigenvalue weighted by Gasteiger charge is -2.22. The molecule has 28 heavy (non-hydrogen) atoms. The lowest BCUT2D eigenvalue weighted by Crippen LogP contribution is -2.37. The largest absolute Gasteiger partial charge is 0.369 e. The molecule has 6 nitrogen and oxygen atoms in total. The molecule has 0 aliphatic rings. The normalized spacial score (nSPS) is 12.2. The number of aromatic nitrogens is 2. The number of carbonyl (C=O) groups excluding carboxylic acids is 2. The van der Waals surface area contributed by atoms with Gasteiger partial charge in [-0.25, -0.2) is 4.98 Å². The van der Waals surface area contributed by atoms with Crippen LogP contribution in [0.1, 0.15) is 32.5 Å². The predicted octanol–water partition coefficient (Wildman–Crippen LogP) is 3.27. The number of alkyl halides is 2. The van der Waals surface area contributed by atoms with Gasteiger partial charge in [-0.05, 0) is 38.5 Å². The molecule has 1 unspecified atom stereocenters. The number of carbonyl (C=O) groups is 2. The van der Waals surface area contributed by atoms with Gasteiger partial charge in [0.05, 0.1) is 17.1 Å².